The Balaban J connectivity index is 1.39. The van der Waals surface area contributed by atoms with Gasteiger partial charge in [0.15, 0.2) is 5.82 Å². The Hall–Kier alpha value is -4.37. The summed E-state index contributed by atoms with van der Waals surface area (Å²) in [7, 11) is 2.16. The third-order valence-electron chi connectivity index (χ3n) is 5.94. The summed E-state index contributed by atoms with van der Waals surface area (Å²) < 4.78 is 0. The van der Waals surface area contributed by atoms with Crippen molar-refractivity contribution >= 4 is 40.0 Å². The van der Waals surface area contributed by atoms with Crippen LogP contribution < -0.4 is 15.5 Å². The van der Waals surface area contributed by atoms with Gasteiger partial charge in [0.25, 0.3) is 0 Å². The summed E-state index contributed by atoms with van der Waals surface area (Å²) in [5.41, 5.74) is 3.58. The van der Waals surface area contributed by atoms with E-state index in [0.717, 1.165) is 42.8 Å². The van der Waals surface area contributed by atoms with Gasteiger partial charge in [-0.15, -0.1) is 0 Å². The molecule has 1 aliphatic rings. The van der Waals surface area contributed by atoms with Crippen molar-refractivity contribution in [1.29, 1.82) is 0 Å². The van der Waals surface area contributed by atoms with Crippen molar-refractivity contribution in [3.05, 3.63) is 73.6 Å². The van der Waals surface area contributed by atoms with Gasteiger partial charge in [0, 0.05) is 60.9 Å². The topological polar surface area (TPSA) is 99.2 Å². The Bertz CT molecular complexity index is 1360. The van der Waals surface area contributed by atoms with Gasteiger partial charge in [-0.2, -0.15) is 0 Å². The van der Waals surface area contributed by atoms with E-state index in [0.29, 0.717) is 23.1 Å². The summed E-state index contributed by atoms with van der Waals surface area (Å²) in [6, 6.07) is 15.7. The van der Waals surface area contributed by atoms with Crippen molar-refractivity contribution in [2.75, 3.05) is 48.8 Å². The second kappa shape index (κ2) is 9.86. The number of rotatable bonds is 6. The Labute approximate surface area is 203 Å². The third-order valence-corrected chi connectivity index (χ3v) is 5.94. The minimum absolute atomic E-state index is 0.333. The highest BCUT2D eigenvalue weighted by Gasteiger charge is 2.14. The van der Waals surface area contributed by atoms with Crippen molar-refractivity contribution in [3.8, 4) is 11.4 Å². The van der Waals surface area contributed by atoms with Gasteiger partial charge < -0.3 is 20.4 Å². The second-order valence-corrected chi connectivity index (χ2v) is 8.36. The molecule has 0 bridgehead atoms. The molecule has 1 saturated heterocycles. The van der Waals surface area contributed by atoms with Crippen LogP contribution in [0, 0.1) is 0 Å². The minimum atomic E-state index is -0.333. The number of hydrogen-bond donors (Lipinski definition) is 2. The number of likely N-dealkylation sites (N-methyl/N-ethyl adjacent to an activating group) is 1. The van der Waals surface area contributed by atoms with E-state index in [9.17, 15) is 4.79 Å². The Morgan fingerprint density at radius 1 is 1.00 bits per heavy atom. The molecule has 0 atom stereocenters. The van der Waals surface area contributed by atoms with Crippen LogP contribution in [0.4, 0.5) is 23.1 Å². The number of carbonyl (C=O) groups excluding carboxylic acids is 1. The lowest BCUT2D eigenvalue weighted by atomic mass is 10.1. The smallest absolute Gasteiger partial charge is 0.248 e. The molecule has 0 saturated carbocycles. The Kier molecular flexibility index (Phi) is 6.32. The van der Waals surface area contributed by atoms with E-state index < -0.39 is 0 Å². The average molecular weight is 467 g/mol. The molecule has 0 radical (unpaired) electrons. The van der Waals surface area contributed by atoms with Gasteiger partial charge in [0.05, 0.1) is 5.52 Å². The molecule has 2 aromatic carbocycles. The van der Waals surface area contributed by atoms with E-state index in [1.165, 1.54) is 11.8 Å². The molecule has 35 heavy (non-hydrogen) atoms. The standard InChI is InChI=1S/C26H26N8O/c1-3-23(35)30-22-11-12-27-25(31-22)21-6-4-5-18-17-28-26(32-24(18)21)29-19-7-9-20(10-8-19)34-15-13-33(2)14-16-34/h3-12,17H,1,13-16H2,2H3,(H,28,29,32)(H,27,30,31,35). The first-order valence-electron chi connectivity index (χ1n) is 11.4. The molecule has 4 aromatic rings. The molecule has 1 amide bonds. The SMILES string of the molecule is C=CC(=O)Nc1ccnc(-c2cccc3cnc(Nc4ccc(N5CCN(C)CC5)cc4)nc23)n1. The fourth-order valence-electron chi connectivity index (χ4n) is 3.98. The fraction of sp³-hybridized carbons (Fsp3) is 0.192. The van der Waals surface area contributed by atoms with Crippen LogP contribution in [0.3, 0.4) is 0 Å². The number of piperazine rings is 1. The Morgan fingerprint density at radius 2 is 1.80 bits per heavy atom. The summed E-state index contributed by atoms with van der Waals surface area (Å²) in [4.78, 5) is 34.5. The first kappa shape index (κ1) is 22.4. The third kappa shape index (κ3) is 5.10. The number of carbonyl (C=O) groups is 1. The largest absolute Gasteiger partial charge is 0.369 e. The lowest BCUT2D eigenvalue weighted by molar-refractivity contribution is -0.111. The summed E-state index contributed by atoms with van der Waals surface area (Å²) in [6.07, 6.45) is 4.57. The van der Waals surface area contributed by atoms with E-state index in [2.05, 4.69) is 61.1 Å². The average Bonchev–Trinajstić information content (AvgIpc) is 2.89. The number of benzene rings is 2. The van der Waals surface area contributed by atoms with E-state index in [1.54, 1.807) is 18.5 Å². The zero-order chi connectivity index (χ0) is 24.2. The number of aromatic nitrogens is 4. The van der Waals surface area contributed by atoms with Gasteiger partial charge in [0.2, 0.25) is 11.9 Å². The van der Waals surface area contributed by atoms with Crippen LogP contribution in [-0.2, 0) is 4.79 Å². The second-order valence-electron chi connectivity index (χ2n) is 8.36. The molecule has 1 fully saturated rings. The molecule has 176 valence electrons. The number of anilines is 4. The summed E-state index contributed by atoms with van der Waals surface area (Å²) in [5, 5.41) is 6.83. The normalized spacial score (nSPS) is 14.0. The van der Waals surface area contributed by atoms with E-state index in [4.69, 9.17) is 4.98 Å². The summed E-state index contributed by atoms with van der Waals surface area (Å²) in [5.74, 6) is 0.997. The number of fused-ring (bicyclic) bond motifs is 1. The quantitative estimate of drug-likeness (QED) is 0.415. The fourth-order valence-corrected chi connectivity index (χ4v) is 3.98. The maximum Gasteiger partial charge on any atom is 0.248 e. The van der Waals surface area contributed by atoms with Gasteiger partial charge in [-0.1, -0.05) is 18.7 Å². The highest BCUT2D eigenvalue weighted by Crippen LogP contribution is 2.27. The highest BCUT2D eigenvalue weighted by atomic mass is 16.1. The first-order valence-corrected chi connectivity index (χ1v) is 11.4. The number of nitrogens with one attached hydrogen (secondary N) is 2. The van der Waals surface area contributed by atoms with Gasteiger partial charge in [-0.05, 0) is 49.5 Å². The van der Waals surface area contributed by atoms with Crippen molar-refractivity contribution < 1.29 is 4.79 Å². The maximum atomic E-state index is 11.7. The van der Waals surface area contributed by atoms with Crippen molar-refractivity contribution in [2.45, 2.75) is 0 Å². The van der Waals surface area contributed by atoms with Crippen LogP contribution in [0.2, 0.25) is 0 Å². The van der Waals surface area contributed by atoms with Crippen LogP contribution in [0.5, 0.6) is 0 Å². The van der Waals surface area contributed by atoms with Crippen LogP contribution in [0.25, 0.3) is 22.3 Å². The molecule has 9 nitrogen and oxygen atoms in total. The van der Waals surface area contributed by atoms with Gasteiger partial charge >= 0.3 is 0 Å². The van der Waals surface area contributed by atoms with Crippen LogP contribution in [0.1, 0.15) is 0 Å². The predicted octanol–water partition coefficient (Wildman–Crippen LogP) is 3.71. The first-order chi connectivity index (χ1) is 17.1. The van der Waals surface area contributed by atoms with Crippen molar-refractivity contribution in [2.24, 2.45) is 0 Å². The molecular weight excluding hydrogens is 440 g/mol. The van der Waals surface area contributed by atoms with Crippen LogP contribution >= 0.6 is 0 Å². The van der Waals surface area contributed by atoms with Crippen molar-refractivity contribution in [3.63, 3.8) is 0 Å². The number of amides is 1. The number of para-hydroxylation sites is 1. The van der Waals surface area contributed by atoms with Gasteiger partial charge in [-0.3, -0.25) is 4.79 Å². The summed E-state index contributed by atoms with van der Waals surface area (Å²) in [6.45, 7) is 7.67. The molecule has 0 unspecified atom stereocenters. The molecule has 9 heteroatoms. The van der Waals surface area contributed by atoms with E-state index >= 15 is 0 Å². The maximum absolute atomic E-state index is 11.7. The summed E-state index contributed by atoms with van der Waals surface area (Å²) >= 11 is 0. The molecule has 5 rings (SSSR count). The number of hydrogen-bond acceptors (Lipinski definition) is 8. The molecule has 0 spiro atoms. The van der Waals surface area contributed by atoms with Crippen LogP contribution in [0.15, 0.2) is 73.6 Å². The van der Waals surface area contributed by atoms with Crippen LogP contribution in [-0.4, -0.2) is 64.0 Å². The lowest BCUT2D eigenvalue weighted by Gasteiger charge is -2.34. The minimum Gasteiger partial charge on any atom is -0.369 e. The predicted molar refractivity (Wildman–Crippen MR) is 139 cm³/mol. The molecule has 1 aliphatic heterocycles. The Morgan fingerprint density at radius 3 is 2.57 bits per heavy atom. The lowest BCUT2D eigenvalue weighted by Crippen LogP contribution is -2.44. The van der Waals surface area contributed by atoms with E-state index in [-0.39, 0.29) is 5.91 Å². The van der Waals surface area contributed by atoms with E-state index in [1.807, 2.05) is 30.3 Å². The highest BCUT2D eigenvalue weighted by molar-refractivity contribution is 5.98. The monoisotopic (exact) mass is 466 g/mol. The van der Waals surface area contributed by atoms with Crippen molar-refractivity contribution in [1.82, 2.24) is 24.8 Å². The van der Waals surface area contributed by atoms with Gasteiger partial charge in [-0.25, -0.2) is 19.9 Å². The van der Waals surface area contributed by atoms with Gasteiger partial charge in [0.1, 0.15) is 5.82 Å². The molecular formula is C26H26N8O. The molecule has 2 aromatic heterocycles. The molecule has 3 heterocycles. The zero-order valence-corrected chi connectivity index (χ0v) is 19.5. The molecule has 0 aliphatic carbocycles. The number of nitrogens with zero attached hydrogens (tertiary/aromatic N) is 6. The zero-order valence-electron chi connectivity index (χ0n) is 19.5. The molecule has 2 N–H and O–H groups in total.